The average molecular weight is 427 g/mol. The minimum absolute atomic E-state index is 0.209. The van der Waals surface area contributed by atoms with Crippen LogP contribution in [-0.2, 0) is 16.0 Å². The highest BCUT2D eigenvalue weighted by Gasteiger charge is 2.29. The Morgan fingerprint density at radius 3 is 2.67 bits per heavy atom. The monoisotopic (exact) mass is 426 g/mol. The third-order valence-corrected chi connectivity index (χ3v) is 7.23. The topological polar surface area (TPSA) is 81.4 Å². The molecule has 5 rings (SSSR count). The van der Waals surface area contributed by atoms with Crippen LogP contribution in [0.5, 0.6) is 0 Å². The Labute approximate surface area is 179 Å². The molecule has 0 radical (unpaired) electrons. The van der Waals surface area contributed by atoms with Gasteiger partial charge >= 0.3 is 0 Å². The number of carbonyl (C=O) groups excluding carboxylic acids is 1. The number of likely N-dealkylation sites (tertiary alicyclic amines) is 1. The minimum Gasteiger partial charge on any atom is -0.381 e. The second kappa shape index (κ2) is 8.81. The zero-order valence-corrected chi connectivity index (χ0v) is 17.8. The van der Waals surface area contributed by atoms with E-state index in [1.54, 1.807) is 11.3 Å². The first-order chi connectivity index (χ1) is 14.8. The number of amides is 1. The van der Waals surface area contributed by atoms with Gasteiger partial charge in [-0.2, -0.15) is 4.98 Å². The molecule has 0 unspecified atom stereocenters. The number of aromatic nitrogens is 3. The highest BCUT2D eigenvalue weighted by Crippen LogP contribution is 2.30. The number of nitrogens with zero attached hydrogens (tertiary/aromatic N) is 4. The van der Waals surface area contributed by atoms with Crippen molar-refractivity contribution in [3.05, 3.63) is 41.0 Å². The molecule has 0 aliphatic carbocycles. The number of thiazole rings is 1. The van der Waals surface area contributed by atoms with Gasteiger partial charge in [-0.25, -0.2) is 4.98 Å². The number of hydrogen-bond acceptors (Lipinski definition) is 7. The van der Waals surface area contributed by atoms with E-state index in [0.29, 0.717) is 18.8 Å². The van der Waals surface area contributed by atoms with Gasteiger partial charge in [0.05, 0.1) is 15.2 Å². The number of ether oxygens (including phenoxy) is 1. The van der Waals surface area contributed by atoms with Crippen molar-refractivity contribution in [1.82, 2.24) is 20.0 Å². The van der Waals surface area contributed by atoms with E-state index in [2.05, 4.69) is 21.2 Å². The van der Waals surface area contributed by atoms with E-state index in [0.717, 1.165) is 74.2 Å². The summed E-state index contributed by atoms with van der Waals surface area (Å²) in [6.45, 7) is 3.04. The van der Waals surface area contributed by atoms with Crippen molar-refractivity contribution in [2.75, 3.05) is 26.3 Å². The van der Waals surface area contributed by atoms with Gasteiger partial charge in [0.2, 0.25) is 11.8 Å². The molecule has 1 aromatic carbocycles. The number of carbonyl (C=O) groups is 1. The molecule has 30 heavy (non-hydrogen) atoms. The Morgan fingerprint density at radius 2 is 1.87 bits per heavy atom. The second-order valence-electron chi connectivity index (χ2n) is 8.11. The van der Waals surface area contributed by atoms with Gasteiger partial charge < -0.3 is 14.2 Å². The number of hydrogen-bond donors (Lipinski definition) is 0. The zero-order chi connectivity index (χ0) is 20.3. The largest absolute Gasteiger partial charge is 0.381 e. The van der Waals surface area contributed by atoms with Gasteiger partial charge in [0.25, 0.3) is 0 Å². The molecule has 2 aliphatic rings. The lowest BCUT2D eigenvalue weighted by molar-refractivity contribution is -0.132. The maximum Gasteiger partial charge on any atom is 0.229 e. The predicted octanol–water partition coefficient (Wildman–Crippen LogP) is 3.91. The third-order valence-electron chi connectivity index (χ3n) is 6.13. The van der Waals surface area contributed by atoms with Crippen molar-refractivity contribution < 1.29 is 14.1 Å². The Bertz CT molecular complexity index is 970. The number of piperidine rings is 1. The average Bonchev–Trinajstić information content (AvgIpc) is 3.45. The van der Waals surface area contributed by atoms with Crippen LogP contribution in [0.1, 0.15) is 60.7 Å². The first-order valence-corrected chi connectivity index (χ1v) is 11.6. The van der Waals surface area contributed by atoms with Crippen LogP contribution in [-0.4, -0.2) is 52.2 Å². The zero-order valence-electron chi connectivity index (χ0n) is 17.0. The quantitative estimate of drug-likeness (QED) is 0.615. The Hall–Kier alpha value is -2.32. The number of para-hydroxylation sites is 1. The molecule has 3 aromatic rings. The van der Waals surface area contributed by atoms with Crippen LogP contribution in [0.2, 0.25) is 0 Å². The van der Waals surface area contributed by atoms with Crippen molar-refractivity contribution in [1.29, 1.82) is 0 Å². The molecule has 4 heterocycles. The van der Waals surface area contributed by atoms with E-state index in [1.165, 1.54) is 4.70 Å². The molecule has 8 heteroatoms. The Kier molecular flexibility index (Phi) is 5.77. The smallest absolute Gasteiger partial charge is 0.229 e. The van der Waals surface area contributed by atoms with E-state index in [-0.39, 0.29) is 11.8 Å². The van der Waals surface area contributed by atoms with Crippen molar-refractivity contribution in [3.63, 3.8) is 0 Å². The van der Waals surface area contributed by atoms with E-state index in [4.69, 9.17) is 9.26 Å². The van der Waals surface area contributed by atoms with Crippen LogP contribution in [0.25, 0.3) is 10.2 Å². The molecule has 0 N–H and O–H groups in total. The van der Waals surface area contributed by atoms with Crippen molar-refractivity contribution in [2.45, 2.75) is 50.4 Å². The summed E-state index contributed by atoms with van der Waals surface area (Å²) in [4.78, 5) is 24.0. The van der Waals surface area contributed by atoms with Gasteiger partial charge in [-0.1, -0.05) is 17.3 Å². The number of benzene rings is 1. The molecule has 2 fully saturated rings. The van der Waals surface area contributed by atoms with Crippen LogP contribution in [0.15, 0.2) is 28.8 Å². The molecule has 158 valence electrons. The first kappa shape index (κ1) is 19.6. The van der Waals surface area contributed by atoms with Gasteiger partial charge in [-0.3, -0.25) is 4.79 Å². The summed E-state index contributed by atoms with van der Waals surface area (Å²) in [6, 6.07) is 8.12. The van der Waals surface area contributed by atoms with Crippen LogP contribution in [0.3, 0.4) is 0 Å². The number of aryl methyl sites for hydroxylation is 1. The van der Waals surface area contributed by atoms with Crippen LogP contribution >= 0.6 is 11.3 Å². The Balaban J connectivity index is 1.12. The molecular formula is C22H26N4O3S. The molecule has 2 saturated heterocycles. The van der Waals surface area contributed by atoms with Gasteiger partial charge in [0, 0.05) is 51.0 Å². The highest BCUT2D eigenvalue weighted by atomic mass is 32.1. The van der Waals surface area contributed by atoms with Crippen molar-refractivity contribution >= 4 is 27.5 Å². The lowest BCUT2D eigenvalue weighted by atomic mass is 9.96. The predicted molar refractivity (Wildman–Crippen MR) is 114 cm³/mol. The van der Waals surface area contributed by atoms with Gasteiger partial charge in [-0.05, 0) is 37.8 Å². The van der Waals surface area contributed by atoms with E-state index < -0.39 is 0 Å². The highest BCUT2D eigenvalue weighted by molar-refractivity contribution is 7.18. The number of rotatable bonds is 5. The maximum atomic E-state index is 12.7. The van der Waals surface area contributed by atoms with Crippen LogP contribution in [0.4, 0.5) is 0 Å². The second-order valence-corrected chi connectivity index (χ2v) is 9.22. The molecule has 0 bridgehead atoms. The van der Waals surface area contributed by atoms with E-state index >= 15 is 0 Å². The summed E-state index contributed by atoms with van der Waals surface area (Å²) in [5.74, 6) is 2.36. The third kappa shape index (κ3) is 4.25. The van der Waals surface area contributed by atoms with Gasteiger partial charge in [0.15, 0.2) is 5.82 Å². The fraction of sp³-hybridized carbons (Fsp3) is 0.545. The summed E-state index contributed by atoms with van der Waals surface area (Å²) in [6.07, 6.45) is 4.89. The SMILES string of the molecule is O=C(CCc1nc2ccccc2s1)N1CCC(c2nc(C3CCOCC3)no2)CC1. The van der Waals surface area contributed by atoms with E-state index in [1.807, 2.05) is 23.1 Å². The lowest BCUT2D eigenvalue weighted by Crippen LogP contribution is -2.38. The molecular weight excluding hydrogens is 400 g/mol. The number of fused-ring (bicyclic) bond motifs is 1. The van der Waals surface area contributed by atoms with Gasteiger partial charge in [0.1, 0.15) is 0 Å². The summed E-state index contributed by atoms with van der Waals surface area (Å²) in [5.41, 5.74) is 1.02. The molecule has 2 aromatic heterocycles. The van der Waals surface area contributed by atoms with Crippen molar-refractivity contribution in [3.8, 4) is 0 Å². The summed E-state index contributed by atoms with van der Waals surface area (Å²) >= 11 is 1.68. The lowest BCUT2D eigenvalue weighted by Gasteiger charge is -2.30. The van der Waals surface area contributed by atoms with Gasteiger partial charge in [-0.15, -0.1) is 11.3 Å². The van der Waals surface area contributed by atoms with Crippen molar-refractivity contribution in [2.24, 2.45) is 0 Å². The normalized spacial score (nSPS) is 18.9. The molecule has 0 saturated carbocycles. The molecule has 0 spiro atoms. The summed E-state index contributed by atoms with van der Waals surface area (Å²) < 4.78 is 12.2. The fourth-order valence-electron chi connectivity index (χ4n) is 4.31. The summed E-state index contributed by atoms with van der Waals surface area (Å²) in [7, 11) is 0. The maximum absolute atomic E-state index is 12.7. The fourth-order valence-corrected chi connectivity index (χ4v) is 5.28. The summed E-state index contributed by atoms with van der Waals surface area (Å²) in [5, 5.41) is 5.26. The first-order valence-electron chi connectivity index (χ1n) is 10.8. The molecule has 2 aliphatic heterocycles. The molecule has 7 nitrogen and oxygen atoms in total. The molecule has 0 atom stereocenters. The standard InChI is InChI=1S/C22H26N4O3S/c27-20(6-5-19-23-17-3-1-2-4-18(17)30-19)26-11-7-16(8-12-26)22-24-21(25-29-22)15-9-13-28-14-10-15/h1-4,15-16H,5-14H2. The minimum atomic E-state index is 0.209. The van der Waals surface area contributed by atoms with Crippen LogP contribution < -0.4 is 0 Å². The Morgan fingerprint density at radius 1 is 1.07 bits per heavy atom. The molecule has 1 amide bonds. The van der Waals surface area contributed by atoms with E-state index in [9.17, 15) is 4.79 Å². The van der Waals surface area contributed by atoms with Crippen LogP contribution in [0, 0.1) is 0 Å².